The van der Waals surface area contributed by atoms with Gasteiger partial charge in [-0.2, -0.15) is 0 Å². The third kappa shape index (κ3) is 6.11. The normalized spacial score (nSPS) is 11.6. The maximum absolute atomic E-state index is 5.43. The monoisotopic (exact) mass is 156 g/mol. The quantitative estimate of drug-likeness (QED) is 0.424. The molecule has 1 heteroatoms. The number of rotatable bonds is 6. The van der Waals surface area contributed by atoms with Crippen molar-refractivity contribution in [2.75, 3.05) is 13.2 Å². The lowest BCUT2D eigenvalue weighted by Gasteiger charge is -2.10. The van der Waals surface area contributed by atoms with E-state index in [0.29, 0.717) is 0 Å². The van der Waals surface area contributed by atoms with Gasteiger partial charge in [0.25, 0.3) is 0 Å². The van der Waals surface area contributed by atoms with Gasteiger partial charge in [-0.15, -0.1) is 0 Å². The summed E-state index contributed by atoms with van der Waals surface area (Å²) < 4.78 is 5.43. The van der Waals surface area contributed by atoms with Gasteiger partial charge in [-0.1, -0.05) is 38.8 Å². The van der Waals surface area contributed by atoms with Crippen LogP contribution in [0.25, 0.3) is 0 Å². The van der Waals surface area contributed by atoms with Gasteiger partial charge in [0.2, 0.25) is 0 Å². The average molecular weight is 156 g/mol. The molecule has 0 aliphatic rings. The molecule has 0 atom stereocenters. The number of hydrogen-bond acceptors (Lipinski definition) is 1. The molecule has 0 N–H and O–H groups in total. The van der Waals surface area contributed by atoms with Crippen LogP contribution in [0.3, 0.4) is 0 Å². The van der Waals surface area contributed by atoms with Gasteiger partial charge in [-0.25, -0.2) is 0 Å². The lowest BCUT2D eigenvalue weighted by Crippen LogP contribution is -2.07. The maximum atomic E-state index is 5.43. The number of ether oxygens (including phenoxy) is 1. The zero-order chi connectivity index (χ0) is 8.53. The van der Waals surface area contributed by atoms with Crippen molar-refractivity contribution >= 4 is 0 Å². The van der Waals surface area contributed by atoms with E-state index < -0.39 is 0 Å². The fraction of sp³-hybridized carbons (Fsp3) is 0.800. The summed E-state index contributed by atoms with van der Waals surface area (Å²) in [7, 11) is 0. The molecule has 0 aromatic rings. The topological polar surface area (TPSA) is 9.23 Å². The molecule has 0 unspecified atom stereocenters. The zero-order valence-electron chi connectivity index (χ0n) is 7.97. The van der Waals surface area contributed by atoms with Crippen molar-refractivity contribution in [3.63, 3.8) is 0 Å². The van der Waals surface area contributed by atoms with Crippen LogP contribution in [0.1, 0.15) is 33.6 Å². The fourth-order valence-electron chi connectivity index (χ4n) is 0.923. The van der Waals surface area contributed by atoms with Crippen LogP contribution >= 0.6 is 0 Å². The van der Waals surface area contributed by atoms with E-state index in [1.807, 2.05) is 19.1 Å². The van der Waals surface area contributed by atoms with Crippen LogP contribution in [-0.4, -0.2) is 13.2 Å². The highest BCUT2D eigenvalue weighted by Crippen LogP contribution is 2.06. The van der Waals surface area contributed by atoms with Crippen LogP contribution in [0.4, 0.5) is 0 Å². The molecule has 0 saturated heterocycles. The van der Waals surface area contributed by atoms with Crippen molar-refractivity contribution in [2.45, 2.75) is 33.6 Å². The molecule has 0 saturated carbocycles. The average Bonchev–Trinajstić information content (AvgIpc) is 2.05. The summed E-state index contributed by atoms with van der Waals surface area (Å²) in [6.45, 7) is 8.13. The SMILES string of the molecule is CC=CCOCC(CC)CC. The molecular formula is C10H20O. The molecule has 0 bridgehead atoms. The van der Waals surface area contributed by atoms with Crippen LogP contribution in [0.5, 0.6) is 0 Å². The van der Waals surface area contributed by atoms with E-state index >= 15 is 0 Å². The summed E-state index contributed by atoms with van der Waals surface area (Å²) in [5.74, 6) is 0.750. The van der Waals surface area contributed by atoms with Crippen molar-refractivity contribution < 1.29 is 4.74 Å². The highest BCUT2D eigenvalue weighted by atomic mass is 16.5. The first-order valence-electron chi connectivity index (χ1n) is 4.54. The van der Waals surface area contributed by atoms with Gasteiger partial charge in [-0.3, -0.25) is 0 Å². The van der Waals surface area contributed by atoms with Crippen molar-refractivity contribution in [2.24, 2.45) is 5.92 Å². The minimum atomic E-state index is 0.750. The smallest absolute Gasteiger partial charge is 0.0647 e. The van der Waals surface area contributed by atoms with Gasteiger partial charge in [0, 0.05) is 6.61 Å². The van der Waals surface area contributed by atoms with Crippen LogP contribution in [0.2, 0.25) is 0 Å². The van der Waals surface area contributed by atoms with Gasteiger partial charge in [0.05, 0.1) is 6.61 Å². The molecule has 0 fully saturated rings. The number of hydrogen-bond donors (Lipinski definition) is 0. The maximum Gasteiger partial charge on any atom is 0.0647 e. The van der Waals surface area contributed by atoms with Gasteiger partial charge >= 0.3 is 0 Å². The molecule has 0 amide bonds. The lowest BCUT2D eigenvalue weighted by atomic mass is 10.1. The molecule has 0 spiro atoms. The minimum Gasteiger partial charge on any atom is -0.377 e. The predicted molar refractivity (Wildman–Crippen MR) is 49.7 cm³/mol. The predicted octanol–water partition coefficient (Wildman–Crippen LogP) is 3.02. The van der Waals surface area contributed by atoms with Crippen molar-refractivity contribution in [1.29, 1.82) is 0 Å². The van der Waals surface area contributed by atoms with Gasteiger partial charge in [0.15, 0.2) is 0 Å². The molecule has 1 nitrogen and oxygen atoms in total. The molecular weight excluding hydrogens is 136 g/mol. The molecule has 11 heavy (non-hydrogen) atoms. The molecule has 0 radical (unpaired) electrons. The second kappa shape index (κ2) is 7.80. The first-order valence-corrected chi connectivity index (χ1v) is 4.54. The lowest BCUT2D eigenvalue weighted by molar-refractivity contribution is 0.119. The highest BCUT2D eigenvalue weighted by molar-refractivity contribution is 4.75. The third-order valence-electron chi connectivity index (χ3n) is 1.96. The molecule has 0 aromatic carbocycles. The molecule has 66 valence electrons. The summed E-state index contributed by atoms with van der Waals surface area (Å²) in [6.07, 6.45) is 6.52. The summed E-state index contributed by atoms with van der Waals surface area (Å²) in [5.41, 5.74) is 0. The van der Waals surface area contributed by atoms with Crippen molar-refractivity contribution in [3.8, 4) is 0 Å². The molecule has 0 heterocycles. The highest BCUT2D eigenvalue weighted by Gasteiger charge is 2.01. The van der Waals surface area contributed by atoms with Crippen LogP contribution in [-0.2, 0) is 4.74 Å². The van der Waals surface area contributed by atoms with Gasteiger partial charge < -0.3 is 4.74 Å². The second-order valence-electron chi connectivity index (χ2n) is 2.79. The first kappa shape index (κ1) is 10.7. The van der Waals surface area contributed by atoms with E-state index in [1.165, 1.54) is 12.8 Å². The number of allylic oxidation sites excluding steroid dienone is 1. The Kier molecular flexibility index (Phi) is 7.59. The van der Waals surface area contributed by atoms with Gasteiger partial charge in [0.1, 0.15) is 0 Å². The molecule has 0 aromatic heterocycles. The molecule has 0 aliphatic heterocycles. The van der Waals surface area contributed by atoms with E-state index in [0.717, 1.165) is 19.1 Å². The van der Waals surface area contributed by atoms with E-state index in [9.17, 15) is 0 Å². The van der Waals surface area contributed by atoms with E-state index in [4.69, 9.17) is 4.74 Å². The van der Waals surface area contributed by atoms with E-state index in [1.54, 1.807) is 0 Å². The Bertz CT molecular complexity index is 93.0. The van der Waals surface area contributed by atoms with Crippen LogP contribution in [0.15, 0.2) is 12.2 Å². The van der Waals surface area contributed by atoms with Crippen molar-refractivity contribution in [1.82, 2.24) is 0 Å². The Balaban J connectivity index is 3.21. The largest absolute Gasteiger partial charge is 0.377 e. The zero-order valence-corrected chi connectivity index (χ0v) is 7.97. The summed E-state index contributed by atoms with van der Waals surface area (Å²) >= 11 is 0. The standard InChI is InChI=1S/C10H20O/c1-4-7-8-11-9-10(5-2)6-3/h4,7,10H,5-6,8-9H2,1-3H3. The minimum absolute atomic E-state index is 0.750. The summed E-state index contributed by atoms with van der Waals surface area (Å²) in [4.78, 5) is 0. The van der Waals surface area contributed by atoms with Crippen molar-refractivity contribution in [3.05, 3.63) is 12.2 Å². The Labute approximate surface area is 70.4 Å². The Morgan fingerprint density at radius 2 is 1.91 bits per heavy atom. The summed E-state index contributed by atoms with van der Waals surface area (Å²) in [5, 5.41) is 0. The third-order valence-corrected chi connectivity index (χ3v) is 1.96. The van der Waals surface area contributed by atoms with E-state index in [2.05, 4.69) is 13.8 Å². The summed E-state index contributed by atoms with van der Waals surface area (Å²) in [6, 6.07) is 0. The van der Waals surface area contributed by atoms with Gasteiger partial charge in [-0.05, 0) is 12.8 Å². The van der Waals surface area contributed by atoms with E-state index in [-0.39, 0.29) is 0 Å². The van der Waals surface area contributed by atoms with Crippen LogP contribution < -0.4 is 0 Å². The molecule has 0 rings (SSSR count). The second-order valence-corrected chi connectivity index (χ2v) is 2.79. The molecule has 0 aliphatic carbocycles. The Morgan fingerprint density at radius 1 is 1.27 bits per heavy atom. The Hall–Kier alpha value is -0.300. The Morgan fingerprint density at radius 3 is 2.36 bits per heavy atom. The fourth-order valence-corrected chi connectivity index (χ4v) is 0.923. The van der Waals surface area contributed by atoms with Crippen LogP contribution in [0, 0.1) is 5.92 Å². The first-order chi connectivity index (χ1) is 5.35.